The van der Waals surface area contributed by atoms with E-state index in [2.05, 4.69) is 13.5 Å². The average molecular weight is 273 g/mol. The van der Waals surface area contributed by atoms with Crippen LogP contribution in [0.25, 0.3) is 0 Å². The normalized spacial score (nSPS) is 25.5. The van der Waals surface area contributed by atoms with Gasteiger partial charge in [-0.2, -0.15) is 0 Å². The molecule has 0 saturated heterocycles. The standard InChI is InChI=1S/C11H20BF3N.K/c1-9-6-4-5-7-11(9)16(3)8-10(2)12(13,14)15;/h9,11H,2,4-8H2,1,3H3;/q-1;+1. The first-order chi connectivity index (χ1) is 7.32. The first-order valence-electron chi connectivity index (χ1n) is 5.90. The zero-order chi connectivity index (χ0) is 12.3. The van der Waals surface area contributed by atoms with Gasteiger partial charge in [0.1, 0.15) is 0 Å². The van der Waals surface area contributed by atoms with E-state index in [1.165, 1.54) is 6.42 Å². The zero-order valence-electron chi connectivity index (χ0n) is 11.1. The van der Waals surface area contributed by atoms with Crippen molar-refractivity contribution in [3.05, 3.63) is 12.1 Å². The molecule has 1 rings (SSSR count). The van der Waals surface area contributed by atoms with E-state index in [4.69, 9.17) is 0 Å². The van der Waals surface area contributed by atoms with Gasteiger partial charge in [0, 0.05) is 6.04 Å². The van der Waals surface area contributed by atoms with Crippen LogP contribution in [-0.4, -0.2) is 31.5 Å². The van der Waals surface area contributed by atoms with Gasteiger partial charge in [0.2, 0.25) is 0 Å². The first-order valence-corrected chi connectivity index (χ1v) is 5.90. The van der Waals surface area contributed by atoms with Gasteiger partial charge in [0.15, 0.2) is 0 Å². The van der Waals surface area contributed by atoms with Crippen molar-refractivity contribution >= 4 is 6.98 Å². The van der Waals surface area contributed by atoms with E-state index in [9.17, 15) is 12.9 Å². The van der Waals surface area contributed by atoms with E-state index in [1.54, 1.807) is 7.05 Å². The third kappa shape index (κ3) is 5.78. The quantitative estimate of drug-likeness (QED) is 0.672. The van der Waals surface area contributed by atoms with E-state index >= 15 is 0 Å². The summed E-state index contributed by atoms with van der Waals surface area (Å²) in [6.07, 6.45) is 4.47. The molecule has 1 saturated carbocycles. The summed E-state index contributed by atoms with van der Waals surface area (Å²) in [4.78, 5) is 1.82. The SMILES string of the molecule is C=C(CN(C)C1CCCCC1C)[B-](F)(F)F.[K+]. The van der Waals surface area contributed by atoms with E-state index in [-0.39, 0.29) is 64.0 Å². The minimum atomic E-state index is -4.88. The molecule has 0 bridgehead atoms. The molecule has 0 heterocycles. The maximum Gasteiger partial charge on any atom is 1.00 e. The fourth-order valence-corrected chi connectivity index (χ4v) is 2.49. The molecule has 1 aliphatic carbocycles. The van der Waals surface area contributed by atoms with Crippen LogP contribution in [0.5, 0.6) is 0 Å². The van der Waals surface area contributed by atoms with Gasteiger partial charge < -0.3 is 17.8 Å². The van der Waals surface area contributed by atoms with Gasteiger partial charge in [-0.25, -0.2) is 0 Å². The molecule has 94 valence electrons. The third-order valence-electron chi connectivity index (χ3n) is 3.55. The van der Waals surface area contributed by atoms with E-state index < -0.39 is 12.4 Å². The van der Waals surface area contributed by atoms with Crippen molar-refractivity contribution in [2.75, 3.05) is 13.6 Å². The Morgan fingerprint density at radius 3 is 2.29 bits per heavy atom. The second-order valence-corrected chi connectivity index (χ2v) is 4.98. The van der Waals surface area contributed by atoms with Crippen molar-refractivity contribution in [1.29, 1.82) is 0 Å². The van der Waals surface area contributed by atoms with Crippen molar-refractivity contribution in [1.82, 2.24) is 4.90 Å². The van der Waals surface area contributed by atoms with Crippen molar-refractivity contribution in [2.45, 2.75) is 38.6 Å². The second-order valence-electron chi connectivity index (χ2n) is 4.98. The average Bonchev–Trinajstić information content (AvgIpc) is 2.16. The fourth-order valence-electron chi connectivity index (χ4n) is 2.49. The molecular weight excluding hydrogens is 253 g/mol. The van der Waals surface area contributed by atoms with Crippen molar-refractivity contribution in [2.24, 2.45) is 5.92 Å². The molecule has 0 amide bonds. The fraction of sp³-hybridized carbons (Fsp3) is 0.818. The number of hydrogen-bond donors (Lipinski definition) is 0. The Balaban J connectivity index is 0.00000256. The van der Waals surface area contributed by atoms with Crippen LogP contribution in [-0.2, 0) is 0 Å². The molecule has 0 radical (unpaired) electrons. The monoisotopic (exact) mass is 273 g/mol. The van der Waals surface area contributed by atoms with Crippen LogP contribution in [0.1, 0.15) is 32.6 Å². The largest absolute Gasteiger partial charge is 1.00 e. The summed E-state index contributed by atoms with van der Waals surface area (Å²) in [7, 11) is 1.78. The van der Waals surface area contributed by atoms with Gasteiger partial charge in [-0.15, -0.1) is 12.1 Å². The Bertz CT molecular complexity index is 258. The van der Waals surface area contributed by atoms with Gasteiger partial charge in [-0.1, -0.05) is 19.8 Å². The summed E-state index contributed by atoms with van der Waals surface area (Å²) in [6, 6.07) is 0.281. The summed E-state index contributed by atoms with van der Waals surface area (Å²) >= 11 is 0. The Morgan fingerprint density at radius 2 is 1.82 bits per heavy atom. The Morgan fingerprint density at radius 1 is 1.29 bits per heavy atom. The number of hydrogen-bond acceptors (Lipinski definition) is 1. The van der Waals surface area contributed by atoms with Crippen LogP contribution in [0.4, 0.5) is 12.9 Å². The molecular formula is C11H20BF3KN. The third-order valence-corrected chi connectivity index (χ3v) is 3.55. The smallest absolute Gasteiger partial charge is 0.445 e. The van der Waals surface area contributed by atoms with Gasteiger partial charge in [0.25, 0.3) is 0 Å². The summed E-state index contributed by atoms with van der Waals surface area (Å²) in [5.74, 6) is 0.493. The molecule has 0 N–H and O–H groups in total. The predicted molar refractivity (Wildman–Crippen MR) is 62.3 cm³/mol. The summed E-state index contributed by atoms with van der Waals surface area (Å²) in [5, 5.41) is 0. The molecule has 0 spiro atoms. The molecule has 0 aromatic heterocycles. The molecule has 2 unspecified atom stereocenters. The van der Waals surface area contributed by atoms with Crippen LogP contribution < -0.4 is 51.4 Å². The van der Waals surface area contributed by atoms with E-state index in [0.717, 1.165) is 19.3 Å². The molecule has 0 aromatic rings. The summed E-state index contributed by atoms with van der Waals surface area (Å²) in [5.41, 5.74) is -0.583. The van der Waals surface area contributed by atoms with E-state index in [1.807, 2.05) is 4.90 Å². The maximum absolute atomic E-state index is 12.4. The minimum Gasteiger partial charge on any atom is -0.445 e. The predicted octanol–water partition coefficient (Wildman–Crippen LogP) is 0.444. The van der Waals surface area contributed by atoms with E-state index in [0.29, 0.717) is 5.92 Å². The minimum absolute atomic E-state index is 0. The Hall–Kier alpha value is 1.19. The van der Waals surface area contributed by atoms with Crippen LogP contribution in [0, 0.1) is 5.92 Å². The summed E-state index contributed by atoms with van der Waals surface area (Å²) < 4.78 is 37.2. The van der Waals surface area contributed by atoms with Crippen molar-refractivity contribution in [3.8, 4) is 0 Å². The number of likely N-dealkylation sites (N-methyl/N-ethyl adjacent to an activating group) is 1. The number of halogens is 3. The topological polar surface area (TPSA) is 3.24 Å². The first kappa shape index (κ1) is 18.2. The Kier molecular flexibility index (Phi) is 8.24. The number of nitrogens with zero attached hydrogens (tertiary/aromatic N) is 1. The molecule has 0 aromatic carbocycles. The van der Waals surface area contributed by atoms with Crippen LogP contribution in [0.15, 0.2) is 12.1 Å². The van der Waals surface area contributed by atoms with Crippen LogP contribution >= 0.6 is 0 Å². The van der Waals surface area contributed by atoms with Crippen LogP contribution in [0.3, 0.4) is 0 Å². The maximum atomic E-state index is 12.4. The van der Waals surface area contributed by atoms with Gasteiger partial charge >= 0.3 is 58.4 Å². The van der Waals surface area contributed by atoms with Crippen molar-refractivity contribution in [3.63, 3.8) is 0 Å². The molecule has 1 nitrogen and oxygen atoms in total. The summed E-state index contributed by atoms with van der Waals surface area (Å²) in [6.45, 7) is 0.349. The van der Waals surface area contributed by atoms with Gasteiger partial charge in [0.05, 0.1) is 0 Å². The van der Waals surface area contributed by atoms with Gasteiger partial charge in [-0.05, 0) is 32.4 Å². The molecule has 2 atom stereocenters. The number of rotatable bonds is 4. The molecule has 1 fully saturated rings. The molecule has 6 heteroatoms. The Labute approximate surface area is 145 Å². The molecule has 17 heavy (non-hydrogen) atoms. The van der Waals surface area contributed by atoms with Gasteiger partial charge in [-0.3, -0.25) is 0 Å². The van der Waals surface area contributed by atoms with Crippen molar-refractivity contribution < 1.29 is 64.3 Å². The van der Waals surface area contributed by atoms with Crippen LogP contribution in [0.2, 0.25) is 0 Å². The second kappa shape index (κ2) is 7.70. The molecule has 0 aliphatic heterocycles. The zero-order valence-corrected chi connectivity index (χ0v) is 14.2. The molecule has 1 aliphatic rings.